The minimum Gasteiger partial charge on any atom is -0.338 e. The maximum absolute atomic E-state index is 14.0. The fourth-order valence-electron chi connectivity index (χ4n) is 2.59. The number of amides is 1. The molecule has 140 valence electrons. The standard InChI is InChI=1S/C19H18F2N4O2/c1-13-22-19(27-24-13)12-25(10-14-6-2-3-7-15(14)20)11-18(26)23-17-9-5-4-8-16(17)21/h2-9H,10-12H2,1H3,(H,23,26). The zero-order valence-electron chi connectivity index (χ0n) is 14.7. The minimum absolute atomic E-state index is 0.0852. The van der Waals surface area contributed by atoms with Crippen LogP contribution in [0.5, 0.6) is 0 Å². The molecule has 0 atom stereocenters. The topological polar surface area (TPSA) is 71.3 Å². The minimum atomic E-state index is -0.529. The predicted octanol–water partition coefficient (Wildman–Crippen LogP) is 3.30. The first-order valence-electron chi connectivity index (χ1n) is 8.30. The van der Waals surface area contributed by atoms with E-state index in [0.717, 1.165) is 0 Å². The van der Waals surface area contributed by atoms with Gasteiger partial charge in [-0.05, 0) is 25.1 Å². The summed E-state index contributed by atoms with van der Waals surface area (Å²) in [6.45, 7) is 1.88. The number of rotatable bonds is 7. The summed E-state index contributed by atoms with van der Waals surface area (Å²) in [4.78, 5) is 18.1. The Bertz CT molecular complexity index is 929. The second-order valence-electron chi connectivity index (χ2n) is 6.00. The molecular weight excluding hydrogens is 354 g/mol. The molecule has 0 unspecified atom stereocenters. The van der Waals surface area contributed by atoms with E-state index in [-0.39, 0.29) is 31.1 Å². The van der Waals surface area contributed by atoms with Crippen LogP contribution in [0.15, 0.2) is 53.1 Å². The number of anilines is 1. The molecule has 0 aliphatic carbocycles. The number of nitrogens with one attached hydrogen (secondary N) is 1. The highest BCUT2D eigenvalue weighted by molar-refractivity contribution is 5.92. The first kappa shape index (κ1) is 18.7. The Morgan fingerprint density at radius 2 is 1.78 bits per heavy atom. The van der Waals surface area contributed by atoms with Crippen molar-refractivity contribution in [2.24, 2.45) is 0 Å². The Morgan fingerprint density at radius 3 is 2.44 bits per heavy atom. The van der Waals surface area contributed by atoms with E-state index in [0.29, 0.717) is 17.3 Å². The molecule has 8 heteroatoms. The van der Waals surface area contributed by atoms with Crippen molar-refractivity contribution < 1.29 is 18.1 Å². The van der Waals surface area contributed by atoms with E-state index in [1.54, 1.807) is 36.1 Å². The van der Waals surface area contributed by atoms with Gasteiger partial charge in [-0.25, -0.2) is 8.78 Å². The first-order chi connectivity index (χ1) is 13.0. The van der Waals surface area contributed by atoms with Gasteiger partial charge in [0.2, 0.25) is 11.8 Å². The molecule has 1 aromatic heterocycles. The SMILES string of the molecule is Cc1noc(CN(CC(=O)Nc2ccccc2F)Cc2ccccc2F)n1. The largest absolute Gasteiger partial charge is 0.338 e. The van der Waals surface area contributed by atoms with Crippen LogP contribution in [0, 0.1) is 18.6 Å². The molecule has 1 N–H and O–H groups in total. The third-order valence-electron chi connectivity index (χ3n) is 3.80. The lowest BCUT2D eigenvalue weighted by molar-refractivity contribution is -0.117. The van der Waals surface area contributed by atoms with Crippen molar-refractivity contribution in [1.82, 2.24) is 15.0 Å². The lowest BCUT2D eigenvalue weighted by Gasteiger charge is -2.20. The summed E-state index contributed by atoms with van der Waals surface area (Å²) in [5, 5.41) is 6.23. The molecule has 6 nitrogen and oxygen atoms in total. The fraction of sp³-hybridized carbons (Fsp3) is 0.211. The van der Waals surface area contributed by atoms with Crippen molar-refractivity contribution >= 4 is 11.6 Å². The summed E-state index contributed by atoms with van der Waals surface area (Å²) in [5.41, 5.74) is 0.509. The molecule has 0 radical (unpaired) electrons. The zero-order valence-corrected chi connectivity index (χ0v) is 14.7. The van der Waals surface area contributed by atoms with Crippen molar-refractivity contribution in [2.45, 2.75) is 20.0 Å². The van der Waals surface area contributed by atoms with Crippen LogP contribution in [0.4, 0.5) is 14.5 Å². The lowest BCUT2D eigenvalue weighted by atomic mass is 10.2. The Hall–Kier alpha value is -3.13. The van der Waals surface area contributed by atoms with Crippen LogP contribution >= 0.6 is 0 Å². The first-order valence-corrected chi connectivity index (χ1v) is 8.30. The van der Waals surface area contributed by atoms with E-state index in [4.69, 9.17) is 4.52 Å². The maximum atomic E-state index is 14.0. The Labute approximate surface area is 154 Å². The van der Waals surface area contributed by atoms with Gasteiger partial charge >= 0.3 is 0 Å². The molecule has 0 saturated heterocycles. The normalized spacial score (nSPS) is 11.0. The fourth-order valence-corrected chi connectivity index (χ4v) is 2.59. The number of benzene rings is 2. The molecular formula is C19H18F2N4O2. The predicted molar refractivity (Wildman–Crippen MR) is 94.6 cm³/mol. The summed E-state index contributed by atoms with van der Waals surface area (Å²) in [5.74, 6) is -0.570. The summed E-state index contributed by atoms with van der Waals surface area (Å²) in [6.07, 6.45) is 0. The molecule has 0 saturated carbocycles. The van der Waals surface area contributed by atoms with Gasteiger partial charge in [-0.2, -0.15) is 4.98 Å². The summed E-state index contributed by atoms with van der Waals surface area (Å²) in [7, 11) is 0. The smallest absolute Gasteiger partial charge is 0.240 e. The van der Waals surface area contributed by atoms with E-state index in [1.165, 1.54) is 24.3 Å². The van der Waals surface area contributed by atoms with Gasteiger partial charge in [0, 0.05) is 12.1 Å². The maximum Gasteiger partial charge on any atom is 0.240 e. The summed E-state index contributed by atoms with van der Waals surface area (Å²) < 4.78 is 32.8. The molecule has 0 bridgehead atoms. The number of aromatic nitrogens is 2. The molecule has 0 aliphatic heterocycles. The van der Waals surface area contributed by atoms with Crippen molar-refractivity contribution in [1.29, 1.82) is 0 Å². The van der Waals surface area contributed by atoms with Gasteiger partial charge in [0.05, 0.1) is 18.8 Å². The molecule has 0 aliphatic rings. The van der Waals surface area contributed by atoms with Crippen molar-refractivity contribution in [3.05, 3.63) is 77.4 Å². The van der Waals surface area contributed by atoms with Gasteiger partial charge < -0.3 is 9.84 Å². The Morgan fingerprint density at radius 1 is 1.07 bits per heavy atom. The number of hydrogen-bond donors (Lipinski definition) is 1. The van der Waals surface area contributed by atoms with Gasteiger partial charge in [-0.3, -0.25) is 9.69 Å². The molecule has 1 amide bonds. The van der Waals surface area contributed by atoms with E-state index >= 15 is 0 Å². The Balaban J connectivity index is 1.73. The highest BCUT2D eigenvalue weighted by Crippen LogP contribution is 2.15. The zero-order chi connectivity index (χ0) is 19.2. The quantitative estimate of drug-likeness (QED) is 0.689. The monoisotopic (exact) mass is 372 g/mol. The second-order valence-corrected chi connectivity index (χ2v) is 6.00. The number of nitrogens with zero attached hydrogens (tertiary/aromatic N) is 3. The summed E-state index contributed by atoms with van der Waals surface area (Å²) in [6, 6.07) is 12.2. The molecule has 1 heterocycles. The van der Waals surface area contributed by atoms with Crippen LogP contribution in [0.25, 0.3) is 0 Å². The third-order valence-corrected chi connectivity index (χ3v) is 3.80. The van der Waals surface area contributed by atoms with Gasteiger partial charge in [0.1, 0.15) is 11.6 Å². The number of carbonyl (C=O) groups is 1. The highest BCUT2D eigenvalue weighted by atomic mass is 19.1. The van der Waals surface area contributed by atoms with Crippen molar-refractivity contribution in [3.63, 3.8) is 0 Å². The van der Waals surface area contributed by atoms with Crippen LogP contribution in [0.3, 0.4) is 0 Å². The van der Waals surface area contributed by atoms with Crippen LogP contribution in [0.1, 0.15) is 17.3 Å². The average molecular weight is 372 g/mol. The number of halogens is 2. The molecule has 3 rings (SSSR count). The number of para-hydroxylation sites is 1. The number of aryl methyl sites for hydroxylation is 1. The Kier molecular flexibility index (Phi) is 5.87. The van der Waals surface area contributed by atoms with E-state index in [2.05, 4.69) is 15.5 Å². The third kappa shape index (κ3) is 5.18. The van der Waals surface area contributed by atoms with Gasteiger partial charge in [0.15, 0.2) is 5.82 Å². The van der Waals surface area contributed by atoms with Crippen LogP contribution in [-0.4, -0.2) is 27.5 Å². The summed E-state index contributed by atoms with van der Waals surface area (Å²) >= 11 is 0. The van der Waals surface area contributed by atoms with E-state index in [9.17, 15) is 13.6 Å². The van der Waals surface area contributed by atoms with Gasteiger partial charge in [-0.1, -0.05) is 35.5 Å². The van der Waals surface area contributed by atoms with Gasteiger partial charge in [0.25, 0.3) is 0 Å². The van der Waals surface area contributed by atoms with E-state index < -0.39 is 11.7 Å². The number of carbonyl (C=O) groups excluding carboxylic acids is 1. The lowest BCUT2D eigenvalue weighted by Crippen LogP contribution is -2.33. The van der Waals surface area contributed by atoms with Crippen LogP contribution in [-0.2, 0) is 17.9 Å². The molecule has 0 fully saturated rings. The molecule has 2 aromatic carbocycles. The molecule has 3 aromatic rings. The van der Waals surface area contributed by atoms with Crippen molar-refractivity contribution in [3.8, 4) is 0 Å². The average Bonchev–Trinajstić information content (AvgIpc) is 3.03. The van der Waals surface area contributed by atoms with Crippen molar-refractivity contribution in [2.75, 3.05) is 11.9 Å². The number of hydrogen-bond acceptors (Lipinski definition) is 5. The highest BCUT2D eigenvalue weighted by Gasteiger charge is 2.17. The second kappa shape index (κ2) is 8.50. The molecule has 0 spiro atoms. The van der Waals surface area contributed by atoms with Crippen LogP contribution in [0.2, 0.25) is 0 Å². The van der Waals surface area contributed by atoms with Crippen LogP contribution < -0.4 is 5.32 Å². The van der Waals surface area contributed by atoms with Gasteiger partial charge in [-0.15, -0.1) is 0 Å². The molecule has 27 heavy (non-hydrogen) atoms. The van der Waals surface area contributed by atoms with E-state index in [1.807, 2.05) is 0 Å².